The van der Waals surface area contributed by atoms with Gasteiger partial charge in [-0.1, -0.05) is 24.3 Å². The summed E-state index contributed by atoms with van der Waals surface area (Å²) in [6.45, 7) is 2.50. The number of esters is 1. The van der Waals surface area contributed by atoms with Gasteiger partial charge in [-0.05, 0) is 59.4 Å². The molecule has 182 valence electrons. The van der Waals surface area contributed by atoms with Crippen LogP contribution < -0.4 is 5.32 Å². The van der Waals surface area contributed by atoms with Crippen molar-refractivity contribution in [2.75, 3.05) is 25.1 Å². The average molecular weight is 498 g/mol. The predicted molar refractivity (Wildman–Crippen MR) is 123 cm³/mol. The molecule has 3 heterocycles. The molecule has 1 amide bonds. The molecule has 0 bridgehead atoms. The molecule has 1 aromatic heterocycles. The van der Waals surface area contributed by atoms with Crippen LogP contribution in [0.4, 0.5) is 10.5 Å². The van der Waals surface area contributed by atoms with Gasteiger partial charge in [0.2, 0.25) is 5.16 Å². The van der Waals surface area contributed by atoms with Gasteiger partial charge in [0.1, 0.15) is 18.2 Å². The van der Waals surface area contributed by atoms with Crippen LogP contribution in [0.15, 0.2) is 64.6 Å². The third-order valence-electron chi connectivity index (χ3n) is 5.59. The zero-order valence-corrected chi connectivity index (χ0v) is 19.6. The van der Waals surface area contributed by atoms with Gasteiger partial charge in [-0.3, -0.25) is 5.32 Å². The molecular weight excluding hydrogens is 474 g/mol. The van der Waals surface area contributed by atoms with Crippen molar-refractivity contribution < 1.29 is 28.5 Å². The zero-order valence-electron chi connectivity index (χ0n) is 18.8. The number of carbonyl (C=O) groups is 2. The number of amides is 1. The van der Waals surface area contributed by atoms with E-state index in [0.717, 1.165) is 4.90 Å². The van der Waals surface area contributed by atoms with E-state index in [1.807, 2.05) is 30.3 Å². The molecule has 4 atom stereocenters. The van der Waals surface area contributed by atoms with Gasteiger partial charge in [-0.25, -0.2) is 14.3 Å². The minimum absolute atomic E-state index is 0.186. The van der Waals surface area contributed by atoms with E-state index < -0.39 is 24.3 Å². The third-order valence-corrected chi connectivity index (χ3v) is 6.55. The van der Waals surface area contributed by atoms with Crippen molar-refractivity contribution in [1.82, 2.24) is 20.2 Å². The summed E-state index contributed by atoms with van der Waals surface area (Å²) in [7, 11) is 0. The summed E-state index contributed by atoms with van der Waals surface area (Å²) >= 11 is 1.45. The number of fused-ring (bicyclic) bond motifs is 1. The molecule has 2 aliphatic rings. The highest BCUT2D eigenvalue weighted by Crippen LogP contribution is 2.37. The molecule has 0 aliphatic carbocycles. The fourth-order valence-corrected chi connectivity index (χ4v) is 4.88. The van der Waals surface area contributed by atoms with E-state index in [4.69, 9.17) is 18.9 Å². The fraction of sp³-hybridized carbons (Fsp3) is 0.348. The molecule has 2 aromatic carbocycles. The van der Waals surface area contributed by atoms with Gasteiger partial charge in [-0.2, -0.15) is 0 Å². The largest absolute Gasteiger partial charge is 0.462 e. The minimum atomic E-state index is -0.671. The summed E-state index contributed by atoms with van der Waals surface area (Å²) in [6.07, 6.45) is -2.08. The molecule has 0 spiro atoms. The maximum Gasteiger partial charge on any atom is 0.412 e. The maximum atomic E-state index is 12.5. The molecule has 0 radical (unpaired) electrons. The van der Waals surface area contributed by atoms with Crippen molar-refractivity contribution in [1.29, 1.82) is 0 Å². The topological polar surface area (TPSA) is 127 Å². The van der Waals surface area contributed by atoms with Crippen molar-refractivity contribution in [2.24, 2.45) is 0 Å². The second-order valence-electron chi connectivity index (χ2n) is 7.85. The average Bonchev–Trinajstić information content (AvgIpc) is 3.58. The Morgan fingerprint density at radius 2 is 1.94 bits per heavy atom. The number of tetrazole rings is 1. The Balaban J connectivity index is 1.20. The molecule has 2 saturated heterocycles. The molecule has 35 heavy (non-hydrogen) atoms. The van der Waals surface area contributed by atoms with Crippen LogP contribution in [0.1, 0.15) is 23.3 Å². The minimum Gasteiger partial charge on any atom is -0.462 e. The Kier molecular flexibility index (Phi) is 6.93. The van der Waals surface area contributed by atoms with Gasteiger partial charge >= 0.3 is 12.1 Å². The zero-order chi connectivity index (χ0) is 24.2. The smallest absolute Gasteiger partial charge is 0.412 e. The number of carbonyl (C=O) groups excluding carboxylic acids is 2. The number of hydrogen-bond acceptors (Lipinski definition) is 10. The second-order valence-corrected chi connectivity index (χ2v) is 8.90. The lowest BCUT2D eigenvalue weighted by molar-refractivity contribution is 0.00751. The summed E-state index contributed by atoms with van der Waals surface area (Å²) in [5.74, 6) is -0.464. The Hall–Kier alpha value is -3.48. The highest BCUT2D eigenvalue weighted by Gasteiger charge is 2.51. The molecule has 0 saturated carbocycles. The van der Waals surface area contributed by atoms with Crippen molar-refractivity contribution in [3.05, 3.63) is 60.2 Å². The first-order valence-electron chi connectivity index (χ1n) is 11.1. The molecule has 12 heteroatoms. The third kappa shape index (κ3) is 5.14. The van der Waals surface area contributed by atoms with E-state index >= 15 is 0 Å². The van der Waals surface area contributed by atoms with Gasteiger partial charge in [0.05, 0.1) is 25.4 Å². The van der Waals surface area contributed by atoms with Crippen LogP contribution in [0.3, 0.4) is 0 Å². The summed E-state index contributed by atoms with van der Waals surface area (Å²) in [5.41, 5.74) is 0.749. The van der Waals surface area contributed by atoms with Crippen molar-refractivity contribution in [3.8, 4) is 0 Å². The standard InChI is InChI=1S/C23H23N5O6S/c1-2-31-21(29)14-7-6-8-15(11-14)24-23(30)34-18-13-33-19-17(12-32-20(18)19)28-22(25-26-27-28)35-16-9-4-3-5-10-16/h3-11,17-20H,2,12-13H2,1H3,(H,24,30)/t17-,18+,19+,20+/m0/s1. The Morgan fingerprint density at radius 3 is 2.77 bits per heavy atom. The number of anilines is 1. The van der Waals surface area contributed by atoms with Crippen LogP contribution in [0, 0.1) is 0 Å². The summed E-state index contributed by atoms with van der Waals surface area (Å²) in [6, 6.07) is 16.0. The number of rotatable bonds is 7. The SMILES string of the molecule is CCOC(=O)c1cccc(NC(=O)O[C@@H]2CO[C@H]3[C@@H]2OC[C@@H]3n2nnnc2Sc2ccccc2)c1. The molecule has 2 aliphatic heterocycles. The van der Waals surface area contributed by atoms with E-state index in [0.29, 0.717) is 23.0 Å². The lowest BCUT2D eigenvalue weighted by Crippen LogP contribution is -2.35. The lowest BCUT2D eigenvalue weighted by Gasteiger charge is -2.18. The normalized spacial score (nSPS) is 23.0. The van der Waals surface area contributed by atoms with Crippen LogP contribution in [0.5, 0.6) is 0 Å². The highest BCUT2D eigenvalue weighted by atomic mass is 32.2. The second kappa shape index (κ2) is 10.4. The van der Waals surface area contributed by atoms with E-state index in [2.05, 4.69) is 20.8 Å². The summed E-state index contributed by atoms with van der Waals surface area (Å²) in [4.78, 5) is 25.5. The number of benzene rings is 2. The van der Waals surface area contributed by atoms with Crippen molar-refractivity contribution >= 4 is 29.5 Å². The first-order chi connectivity index (χ1) is 17.1. The van der Waals surface area contributed by atoms with Crippen LogP contribution >= 0.6 is 11.8 Å². The van der Waals surface area contributed by atoms with E-state index in [9.17, 15) is 9.59 Å². The van der Waals surface area contributed by atoms with Gasteiger partial charge in [-0.15, -0.1) is 5.10 Å². The Bertz CT molecular complexity index is 1190. The van der Waals surface area contributed by atoms with Crippen LogP contribution in [-0.2, 0) is 18.9 Å². The molecule has 2 fully saturated rings. The molecular formula is C23H23N5O6S. The predicted octanol–water partition coefficient (Wildman–Crippen LogP) is 2.96. The number of ether oxygens (including phenoxy) is 4. The first kappa shape index (κ1) is 23.3. The van der Waals surface area contributed by atoms with Crippen LogP contribution in [0.25, 0.3) is 0 Å². The van der Waals surface area contributed by atoms with Gasteiger partial charge in [0.25, 0.3) is 0 Å². The van der Waals surface area contributed by atoms with Crippen LogP contribution in [0.2, 0.25) is 0 Å². The van der Waals surface area contributed by atoms with Gasteiger partial charge < -0.3 is 18.9 Å². The molecule has 0 unspecified atom stereocenters. The number of hydrogen-bond donors (Lipinski definition) is 1. The molecule has 3 aromatic rings. The Labute approximate surface area is 205 Å². The van der Waals surface area contributed by atoms with Gasteiger partial charge in [0.15, 0.2) is 6.10 Å². The van der Waals surface area contributed by atoms with Crippen LogP contribution in [-0.4, -0.2) is 70.4 Å². The molecule has 5 rings (SSSR count). The maximum absolute atomic E-state index is 12.5. The quantitative estimate of drug-likeness (QED) is 0.487. The van der Waals surface area contributed by atoms with E-state index in [-0.39, 0.29) is 25.4 Å². The number of nitrogens with one attached hydrogen (secondary N) is 1. The fourth-order valence-electron chi connectivity index (χ4n) is 4.03. The number of aromatic nitrogens is 4. The summed E-state index contributed by atoms with van der Waals surface area (Å²) in [5, 5.41) is 15.4. The summed E-state index contributed by atoms with van der Waals surface area (Å²) < 4.78 is 24.2. The molecule has 11 nitrogen and oxygen atoms in total. The van der Waals surface area contributed by atoms with Crippen molar-refractivity contribution in [2.45, 2.75) is 41.3 Å². The van der Waals surface area contributed by atoms with Gasteiger partial charge in [0, 0.05) is 10.6 Å². The van der Waals surface area contributed by atoms with E-state index in [1.54, 1.807) is 29.8 Å². The lowest BCUT2D eigenvalue weighted by atomic mass is 10.1. The van der Waals surface area contributed by atoms with Crippen molar-refractivity contribution in [3.63, 3.8) is 0 Å². The monoisotopic (exact) mass is 497 g/mol. The number of nitrogens with zero attached hydrogens (tertiary/aromatic N) is 4. The van der Waals surface area contributed by atoms with E-state index in [1.165, 1.54) is 17.8 Å². The highest BCUT2D eigenvalue weighted by molar-refractivity contribution is 7.99. The molecule has 1 N–H and O–H groups in total. The Morgan fingerprint density at radius 1 is 1.11 bits per heavy atom. The first-order valence-corrected chi connectivity index (χ1v) is 11.9.